The molecule has 0 aromatic heterocycles. The normalized spacial score (nSPS) is 20.4. The molecule has 1 aromatic rings. The van der Waals surface area contributed by atoms with Gasteiger partial charge in [0.2, 0.25) is 0 Å². The lowest BCUT2D eigenvalue weighted by Crippen LogP contribution is -2.50. The molecular formula is C15H22N2O3. The summed E-state index contributed by atoms with van der Waals surface area (Å²) < 4.78 is 11.0. The molecule has 1 unspecified atom stereocenters. The van der Waals surface area contributed by atoms with E-state index in [0.717, 1.165) is 5.56 Å². The van der Waals surface area contributed by atoms with Crippen molar-refractivity contribution in [3.05, 3.63) is 35.9 Å². The number of benzene rings is 1. The van der Waals surface area contributed by atoms with Crippen LogP contribution in [-0.4, -0.2) is 36.4 Å². The zero-order chi connectivity index (χ0) is 14.6. The van der Waals surface area contributed by atoms with E-state index in [2.05, 4.69) is 5.43 Å². The van der Waals surface area contributed by atoms with E-state index in [9.17, 15) is 4.79 Å². The highest BCUT2D eigenvalue weighted by Gasteiger charge is 2.24. The van der Waals surface area contributed by atoms with Crippen molar-refractivity contribution in [2.24, 2.45) is 0 Å². The predicted molar refractivity (Wildman–Crippen MR) is 76.1 cm³/mol. The number of hydrazine groups is 1. The number of carbonyl (C=O) groups is 1. The van der Waals surface area contributed by atoms with Crippen LogP contribution in [0.4, 0.5) is 4.79 Å². The Morgan fingerprint density at radius 2 is 2.05 bits per heavy atom. The number of nitrogens with one attached hydrogen (secondary N) is 1. The minimum Gasteiger partial charge on any atom is -0.443 e. The molecule has 0 aliphatic carbocycles. The number of rotatable bonds is 2. The largest absolute Gasteiger partial charge is 0.443 e. The third-order valence-electron chi connectivity index (χ3n) is 2.89. The molecule has 1 heterocycles. The average molecular weight is 278 g/mol. The molecule has 1 aliphatic rings. The van der Waals surface area contributed by atoms with E-state index in [-0.39, 0.29) is 6.10 Å². The van der Waals surface area contributed by atoms with Crippen LogP contribution < -0.4 is 5.43 Å². The smallest absolute Gasteiger partial charge is 0.422 e. The molecule has 5 nitrogen and oxygen atoms in total. The maximum Gasteiger partial charge on any atom is 0.422 e. The maximum atomic E-state index is 11.8. The standard InChI is InChI=1S/C15H22N2O3/c1-15(2,3)20-14(18)16-17-9-10-19-13(11-17)12-7-5-4-6-8-12/h4-8,13H,9-11H2,1-3H3,(H,16,18). The third-order valence-corrected chi connectivity index (χ3v) is 2.89. The summed E-state index contributed by atoms with van der Waals surface area (Å²) in [7, 11) is 0. The average Bonchev–Trinajstić information content (AvgIpc) is 2.38. The van der Waals surface area contributed by atoms with Gasteiger partial charge in [0.25, 0.3) is 0 Å². The second-order valence-electron chi connectivity index (χ2n) is 5.83. The molecule has 1 amide bonds. The van der Waals surface area contributed by atoms with Gasteiger partial charge in [-0.2, -0.15) is 0 Å². The van der Waals surface area contributed by atoms with Crippen LogP contribution >= 0.6 is 0 Å². The van der Waals surface area contributed by atoms with Gasteiger partial charge in [-0.15, -0.1) is 0 Å². The number of morpholine rings is 1. The third kappa shape index (κ3) is 4.51. The van der Waals surface area contributed by atoms with Crippen LogP contribution in [0.25, 0.3) is 0 Å². The number of amides is 1. The maximum absolute atomic E-state index is 11.8. The molecule has 5 heteroatoms. The van der Waals surface area contributed by atoms with E-state index in [0.29, 0.717) is 19.7 Å². The number of hydrogen-bond acceptors (Lipinski definition) is 4. The molecule has 1 atom stereocenters. The van der Waals surface area contributed by atoms with Crippen molar-refractivity contribution < 1.29 is 14.3 Å². The van der Waals surface area contributed by atoms with Gasteiger partial charge in [-0.25, -0.2) is 9.80 Å². The van der Waals surface area contributed by atoms with Gasteiger partial charge in [-0.3, -0.25) is 5.43 Å². The summed E-state index contributed by atoms with van der Waals surface area (Å²) in [5, 5.41) is 1.84. The van der Waals surface area contributed by atoms with E-state index >= 15 is 0 Å². The first-order valence-corrected chi connectivity index (χ1v) is 6.85. The Bertz CT molecular complexity index is 442. The molecule has 0 saturated carbocycles. The van der Waals surface area contributed by atoms with Crippen LogP contribution in [0.3, 0.4) is 0 Å². The summed E-state index contributed by atoms with van der Waals surface area (Å²) in [4.78, 5) is 11.8. The van der Waals surface area contributed by atoms with Crippen LogP contribution in [0.15, 0.2) is 30.3 Å². The Labute approximate surface area is 119 Å². The second kappa shape index (κ2) is 6.24. The molecule has 1 aliphatic heterocycles. The van der Waals surface area contributed by atoms with Crippen molar-refractivity contribution in [1.82, 2.24) is 10.4 Å². The lowest BCUT2D eigenvalue weighted by molar-refractivity contribution is -0.0523. The minimum absolute atomic E-state index is 0.0279. The van der Waals surface area contributed by atoms with E-state index in [1.165, 1.54) is 0 Å². The van der Waals surface area contributed by atoms with Gasteiger partial charge in [-0.05, 0) is 26.3 Å². The molecule has 110 valence electrons. The first kappa shape index (κ1) is 14.8. The van der Waals surface area contributed by atoms with Crippen molar-refractivity contribution in [3.63, 3.8) is 0 Å². The van der Waals surface area contributed by atoms with Gasteiger partial charge < -0.3 is 9.47 Å². The summed E-state index contributed by atoms with van der Waals surface area (Å²) >= 11 is 0. The molecule has 1 fully saturated rings. The number of nitrogens with zero attached hydrogens (tertiary/aromatic N) is 1. The van der Waals surface area contributed by atoms with Gasteiger partial charge >= 0.3 is 6.09 Å². The van der Waals surface area contributed by atoms with Gasteiger partial charge in [0.15, 0.2) is 0 Å². The van der Waals surface area contributed by atoms with Crippen LogP contribution in [0.5, 0.6) is 0 Å². The topological polar surface area (TPSA) is 50.8 Å². The lowest BCUT2D eigenvalue weighted by Gasteiger charge is -2.33. The Kier molecular flexibility index (Phi) is 4.62. The van der Waals surface area contributed by atoms with Crippen LogP contribution in [0.1, 0.15) is 32.4 Å². The zero-order valence-corrected chi connectivity index (χ0v) is 12.3. The van der Waals surface area contributed by atoms with Crippen molar-refractivity contribution in [2.45, 2.75) is 32.5 Å². The quantitative estimate of drug-likeness (QED) is 0.903. The van der Waals surface area contributed by atoms with Crippen LogP contribution in [-0.2, 0) is 9.47 Å². The number of hydrogen-bond donors (Lipinski definition) is 1. The molecule has 2 rings (SSSR count). The summed E-state index contributed by atoms with van der Waals surface area (Å²) in [5.41, 5.74) is 3.39. The van der Waals surface area contributed by atoms with Gasteiger partial charge in [-0.1, -0.05) is 30.3 Å². The molecule has 0 radical (unpaired) electrons. The lowest BCUT2D eigenvalue weighted by atomic mass is 10.1. The first-order valence-electron chi connectivity index (χ1n) is 6.85. The van der Waals surface area contributed by atoms with Crippen LogP contribution in [0, 0.1) is 0 Å². The molecule has 1 saturated heterocycles. The van der Waals surface area contributed by atoms with E-state index in [1.807, 2.05) is 56.1 Å². The van der Waals surface area contributed by atoms with Crippen LogP contribution in [0.2, 0.25) is 0 Å². The van der Waals surface area contributed by atoms with E-state index < -0.39 is 11.7 Å². The van der Waals surface area contributed by atoms with Gasteiger partial charge in [0.1, 0.15) is 5.60 Å². The highest BCUT2D eigenvalue weighted by molar-refractivity contribution is 5.67. The van der Waals surface area contributed by atoms with Crippen molar-refractivity contribution in [2.75, 3.05) is 19.7 Å². The summed E-state index contributed by atoms with van der Waals surface area (Å²) in [6.07, 6.45) is -0.453. The minimum atomic E-state index is -0.491. The predicted octanol–water partition coefficient (Wildman–Crippen LogP) is 2.50. The van der Waals surface area contributed by atoms with Gasteiger partial charge in [0.05, 0.1) is 12.7 Å². The molecule has 0 spiro atoms. The summed E-state index contributed by atoms with van der Waals surface area (Å²) in [5.74, 6) is 0. The fraction of sp³-hybridized carbons (Fsp3) is 0.533. The van der Waals surface area contributed by atoms with E-state index in [4.69, 9.17) is 9.47 Å². The van der Waals surface area contributed by atoms with Gasteiger partial charge in [0, 0.05) is 13.1 Å². The van der Waals surface area contributed by atoms with Crippen molar-refractivity contribution in [3.8, 4) is 0 Å². The zero-order valence-electron chi connectivity index (χ0n) is 12.3. The van der Waals surface area contributed by atoms with E-state index in [1.54, 1.807) is 0 Å². The highest BCUT2D eigenvalue weighted by atomic mass is 16.6. The van der Waals surface area contributed by atoms with Crippen molar-refractivity contribution >= 4 is 6.09 Å². The fourth-order valence-electron chi connectivity index (χ4n) is 2.05. The second-order valence-corrected chi connectivity index (χ2v) is 5.83. The number of carbonyl (C=O) groups excluding carboxylic acids is 1. The fourth-order valence-corrected chi connectivity index (χ4v) is 2.05. The molecule has 20 heavy (non-hydrogen) atoms. The number of ether oxygens (including phenoxy) is 2. The first-order chi connectivity index (χ1) is 9.44. The highest BCUT2D eigenvalue weighted by Crippen LogP contribution is 2.21. The SMILES string of the molecule is CC(C)(C)OC(=O)NN1CCOC(c2ccccc2)C1. The monoisotopic (exact) mass is 278 g/mol. The Hall–Kier alpha value is -1.59. The summed E-state index contributed by atoms with van der Waals surface area (Å²) in [6, 6.07) is 10.0. The Balaban J connectivity index is 1.89. The Morgan fingerprint density at radius 1 is 1.35 bits per heavy atom. The molecule has 1 aromatic carbocycles. The molecular weight excluding hydrogens is 256 g/mol. The molecule has 0 bridgehead atoms. The van der Waals surface area contributed by atoms with Crippen molar-refractivity contribution in [1.29, 1.82) is 0 Å². The molecule has 1 N–H and O–H groups in total. The Morgan fingerprint density at radius 3 is 2.70 bits per heavy atom. The summed E-state index contributed by atoms with van der Waals surface area (Å²) in [6.45, 7) is 7.39.